The van der Waals surface area contributed by atoms with Crippen molar-refractivity contribution >= 4 is 0 Å². The minimum atomic E-state index is -0.0728. The van der Waals surface area contributed by atoms with Gasteiger partial charge in [0.1, 0.15) is 0 Å². The molecule has 0 saturated carbocycles. The minimum Gasteiger partial charge on any atom is -0.390 e. The molecule has 1 heterocycles. The molecule has 3 nitrogen and oxygen atoms in total. The van der Waals surface area contributed by atoms with Gasteiger partial charge in [-0.15, -0.1) is 0 Å². The van der Waals surface area contributed by atoms with E-state index in [4.69, 9.17) is 0 Å². The molecule has 0 aromatic rings. The van der Waals surface area contributed by atoms with E-state index >= 15 is 0 Å². The molecule has 0 bridgehead atoms. The summed E-state index contributed by atoms with van der Waals surface area (Å²) in [6.45, 7) is 9.41. The van der Waals surface area contributed by atoms with Crippen LogP contribution >= 0.6 is 0 Å². The van der Waals surface area contributed by atoms with Crippen molar-refractivity contribution in [3.63, 3.8) is 0 Å². The van der Waals surface area contributed by atoms with E-state index in [-0.39, 0.29) is 6.10 Å². The molecule has 2 N–H and O–H groups in total. The van der Waals surface area contributed by atoms with Crippen molar-refractivity contribution < 1.29 is 5.11 Å². The molecule has 14 heavy (non-hydrogen) atoms. The first-order valence-corrected chi connectivity index (χ1v) is 5.78. The van der Waals surface area contributed by atoms with E-state index in [1.54, 1.807) is 0 Å². The topological polar surface area (TPSA) is 35.5 Å². The molecule has 0 amide bonds. The van der Waals surface area contributed by atoms with Crippen LogP contribution in [0.25, 0.3) is 0 Å². The summed E-state index contributed by atoms with van der Waals surface area (Å²) in [6, 6.07) is 1.14. The molecular weight excluding hydrogens is 176 g/mol. The van der Waals surface area contributed by atoms with Crippen LogP contribution in [-0.2, 0) is 0 Å². The monoisotopic (exact) mass is 200 g/mol. The van der Waals surface area contributed by atoms with E-state index in [1.807, 2.05) is 0 Å². The summed E-state index contributed by atoms with van der Waals surface area (Å²) in [7, 11) is 0. The van der Waals surface area contributed by atoms with E-state index in [2.05, 4.69) is 31.0 Å². The van der Waals surface area contributed by atoms with Crippen LogP contribution in [0.1, 0.15) is 33.6 Å². The zero-order valence-electron chi connectivity index (χ0n) is 9.66. The first kappa shape index (κ1) is 12.0. The summed E-state index contributed by atoms with van der Waals surface area (Å²) in [6.07, 6.45) is 2.38. The second-order valence-corrected chi connectivity index (χ2v) is 4.68. The van der Waals surface area contributed by atoms with Gasteiger partial charge in [-0.05, 0) is 6.42 Å². The Morgan fingerprint density at radius 1 is 1.43 bits per heavy atom. The molecule has 0 spiro atoms. The molecule has 1 aliphatic heterocycles. The third kappa shape index (κ3) is 3.95. The lowest BCUT2D eigenvalue weighted by Crippen LogP contribution is -2.55. The Labute approximate surface area is 87.5 Å². The van der Waals surface area contributed by atoms with Crippen molar-refractivity contribution in [3.8, 4) is 0 Å². The van der Waals surface area contributed by atoms with Gasteiger partial charge in [-0.25, -0.2) is 0 Å². The van der Waals surface area contributed by atoms with Gasteiger partial charge in [-0.3, -0.25) is 4.90 Å². The van der Waals surface area contributed by atoms with Crippen molar-refractivity contribution in [1.29, 1.82) is 0 Å². The molecular formula is C11H24N2O. The Kier molecular flexibility index (Phi) is 4.85. The van der Waals surface area contributed by atoms with Gasteiger partial charge in [0.25, 0.3) is 0 Å². The summed E-state index contributed by atoms with van der Waals surface area (Å²) in [5, 5.41) is 12.8. The zero-order valence-corrected chi connectivity index (χ0v) is 9.66. The Hall–Kier alpha value is -0.120. The highest BCUT2D eigenvalue weighted by atomic mass is 16.3. The summed E-state index contributed by atoms with van der Waals surface area (Å²) in [4.78, 5) is 2.32. The fourth-order valence-corrected chi connectivity index (χ4v) is 2.05. The average Bonchev–Trinajstić information content (AvgIpc) is 2.00. The van der Waals surface area contributed by atoms with Gasteiger partial charge in [0, 0.05) is 31.7 Å². The first-order valence-electron chi connectivity index (χ1n) is 5.78. The van der Waals surface area contributed by atoms with Gasteiger partial charge >= 0.3 is 0 Å². The average molecular weight is 200 g/mol. The van der Waals surface area contributed by atoms with Gasteiger partial charge in [-0.2, -0.15) is 0 Å². The molecule has 0 radical (unpaired) electrons. The largest absolute Gasteiger partial charge is 0.390 e. The molecule has 1 atom stereocenters. The lowest BCUT2D eigenvalue weighted by Gasteiger charge is -2.38. The molecule has 1 rings (SSSR count). The lowest BCUT2D eigenvalue weighted by molar-refractivity contribution is -0.00383. The first-order chi connectivity index (χ1) is 6.61. The zero-order chi connectivity index (χ0) is 10.6. The van der Waals surface area contributed by atoms with Gasteiger partial charge in [0.15, 0.2) is 0 Å². The Balaban J connectivity index is 2.20. The van der Waals surface area contributed by atoms with Crippen molar-refractivity contribution in [3.05, 3.63) is 0 Å². The molecule has 1 saturated heterocycles. The number of β-amino-alcohol motifs (C(OH)–C–C–N with tert-alkyl or cyclic N) is 1. The third-order valence-electron chi connectivity index (χ3n) is 2.62. The maximum absolute atomic E-state index is 9.18. The van der Waals surface area contributed by atoms with E-state index in [0.717, 1.165) is 19.6 Å². The van der Waals surface area contributed by atoms with Crippen molar-refractivity contribution in [1.82, 2.24) is 10.2 Å². The number of rotatable bonds is 6. The maximum Gasteiger partial charge on any atom is 0.0793 e. The lowest BCUT2D eigenvalue weighted by atomic mass is 10.1. The second kappa shape index (κ2) is 5.69. The highest BCUT2D eigenvalue weighted by Gasteiger charge is 2.26. The highest BCUT2D eigenvalue weighted by Crippen LogP contribution is 2.10. The van der Waals surface area contributed by atoms with Gasteiger partial charge in [0.2, 0.25) is 0 Å². The van der Waals surface area contributed by atoms with Crippen molar-refractivity contribution in [2.45, 2.75) is 51.8 Å². The predicted octanol–water partition coefficient (Wildman–Crippen LogP) is 0.830. The van der Waals surface area contributed by atoms with Gasteiger partial charge in [-0.1, -0.05) is 27.2 Å². The van der Waals surface area contributed by atoms with Crippen molar-refractivity contribution in [2.75, 3.05) is 19.6 Å². The van der Waals surface area contributed by atoms with Crippen LogP contribution in [0.2, 0.25) is 0 Å². The van der Waals surface area contributed by atoms with Crippen LogP contribution in [0, 0.1) is 0 Å². The summed E-state index contributed by atoms with van der Waals surface area (Å²) < 4.78 is 0. The number of aliphatic hydroxyl groups is 1. The number of aliphatic hydroxyl groups excluding tert-OH is 1. The Bertz CT molecular complexity index is 155. The number of hydrogen-bond donors (Lipinski definition) is 2. The van der Waals surface area contributed by atoms with Crippen molar-refractivity contribution in [2.24, 2.45) is 0 Å². The molecule has 0 aromatic carbocycles. The summed E-state index contributed by atoms with van der Waals surface area (Å²) in [5.41, 5.74) is 0. The molecule has 1 unspecified atom stereocenters. The number of nitrogens with one attached hydrogen (secondary N) is 1. The molecule has 1 fully saturated rings. The summed E-state index contributed by atoms with van der Waals surface area (Å²) in [5.74, 6) is 0. The number of likely N-dealkylation sites (tertiary alicyclic amines) is 1. The maximum atomic E-state index is 9.18. The quantitative estimate of drug-likeness (QED) is 0.666. The second-order valence-electron chi connectivity index (χ2n) is 4.68. The fourth-order valence-electron chi connectivity index (χ4n) is 2.05. The SMILES string of the molecule is CCCC(CN1CC(O)C1)NC(C)C. The smallest absolute Gasteiger partial charge is 0.0793 e. The molecule has 3 heteroatoms. The van der Waals surface area contributed by atoms with Crippen LogP contribution in [-0.4, -0.2) is 47.8 Å². The van der Waals surface area contributed by atoms with E-state index in [1.165, 1.54) is 12.8 Å². The van der Waals surface area contributed by atoms with Crippen LogP contribution in [0.3, 0.4) is 0 Å². The van der Waals surface area contributed by atoms with E-state index in [0.29, 0.717) is 12.1 Å². The predicted molar refractivity (Wildman–Crippen MR) is 59.4 cm³/mol. The third-order valence-corrected chi connectivity index (χ3v) is 2.62. The number of hydrogen-bond acceptors (Lipinski definition) is 3. The fraction of sp³-hybridized carbons (Fsp3) is 1.00. The van der Waals surface area contributed by atoms with Gasteiger partial charge in [0.05, 0.1) is 6.10 Å². The molecule has 0 aromatic heterocycles. The number of nitrogens with zero attached hydrogens (tertiary/aromatic N) is 1. The molecule has 0 aliphatic carbocycles. The van der Waals surface area contributed by atoms with E-state index < -0.39 is 0 Å². The molecule has 1 aliphatic rings. The van der Waals surface area contributed by atoms with Crippen LogP contribution in [0.15, 0.2) is 0 Å². The highest BCUT2D eigenvalue weighted by molar-refractivity contribution is 4.83. The van der Waals surface area contributed by atoms with Crippen LogP contribution in [0.4, 0.5) is 0 Å². The van der Waals surface area contributed by atoms with Crippen LogP contribution < -0.4 is 5.32 Å². The van der Waals surface area contributed by atoms with Gasteiger partial charge < -0.3 is 10.4 Å². The molecule has 84 valence electrons. The summed E-state index contributed by atoms with van der Waals surface area (Å²) >= 11 is 0. The normalized spacial score (nSPS) is 21.2. The Morgan fingerprint density at radius 3 is 2.50 bits per heavy atom. The van der Waals surface area contributed by atoms with Crippen LogP contribution in [0.5, 0.6) is 0 Å². The minimum absolute atomic E-state index is 0.0728. The van der Waals surface area contributed by atoms with E-state index in [9.17, 15) is 5.11 Å². The Morgan fingerprint density at radius 2 is 2.07 bits per heavy atom. The standard InChI is InChI=1S/C11H24N2O/c1-4-5-10(12-9(2)3)6-13-7-11(14)8-13/h9-12,14H,4-8H2,1-3H3.